The second-order valence-electron chi connectivity index (χ2n) is 7.77. The molecule has 0 unspecified atom stereocenters. The summed E-state index contributed by atoms with van der Waals surface area (Å²) in [6.07, 6.45) is 5.79. The zero-order valence-corrected chi connectivity index (χ0v) is 17.6. The Balaban J connectivity index is 1.50. The molecular formula is C23H27N3O2S. The Kier molecular flexibility index (Phi) is 5.83. The fourth-order valence-corrected chi connectivity index (χ4v) is 4.91. The summed E-state index contributed by atoms with van der Waals surface area (Å²) in [6, 6.07) is 18.8. The van der Waals surface area contributed by atoms with Crippen LogP contribution in [0.25, 0.3) is 0 Å². The molecule has 2 aromatic carbocycles. The van der Waals surface area contributed by atoms with E-state index in [1.165, 1.54) is 22.9 Å². The molecule has 1 aromatic heterocycles. The first kappa shape index (κ1) is 19.9. The van der Waals surface area contributed by atoms with Gasteiger partial charge in [-0.3, -0.25) is 4.90 Å². The van der Waals surface area contributed by atoms with E-state index in [2.05, 4.69) is 46.3 Å². The van der Waals surface area contributed by atoms with Crippen LogP contribution < -0.4 is 0 Å². The summed E-state index contributed by atoms with van der Waals surface area (Å²) >= 11 is 0. The second kappa shape index (κ2) is 8.51. The first-order chi connectivity index (χ1) is 14.0. The van der Waals surface area contributed by atoms with E-state index >= 15 is 0 Å². The van der Waals surface area contributed by atoms with Crippen molar-refractivity contribution in [1.29, 1.82) is 0 Å². The molecule has 1 aliphatic rings. The highest BCUT2D eigenvalue weighted by molar-refractivity contribution is 7.90. The van der Waals surface area contributed by atoms with Crippen LogP contribution in [0.1, 0.15) is 28.8 Å². The number of hydrogen-bond donors (Lipinski definition) is 0. The number of imidazole rings is 1. The van der Waals surface area contributed by atoms with Crippen LogP contribution in [0, 0.1) is 0 Å². The van der Waals surface area contributed by atoms with Crippen molar-refractivity contribution < 1.29 is 8.42 Å². The van der Waals surface area contributed by atoms with Crippen molar-refractivity contribution in [2.75, 3.05) is 12.8 Å². The van der Waals surface area contributed by atoms with E-state index < -0.39 is 9.84 Å². The molecule has 0 atom stereocenters. The van der Waals surface area contributed by atoms with Gasteiger partial charge < -0.3 is 4.57 Å². The van der Waals surface area contributed by atoms with Gasteiger partial charge in [0.2, 0.25) is 15.0 Å². The number of hydrogen-bond acceptors (Lipinski definition) is 4. The minimum Gasteiger partial charge on any atom is -0.318 e. The predicted molar refractivity (Wildman–Crippen MR) is 114 cm³/mol. The molecule has 0 fully saturated rings. The molecule has 3 aromatic rings. The third kappa shape index (κ3) is 4.77. The number of sulfone groups is 1. The van der Waals surface area contributed by atoms with Crippen LogP contribution in [0.3, 0.4) is 0 Å². The van der Waals surface area contributed by atoms with Crippen molar-refractivity contribution in [2.24, 2.45) is 0 Å². The molecule has 1 aliphatic heterocycles. The Bertz CT molecular complexity index is 1070. The summed E-state index contributed by atoms with van der Waals surface area (Å²) in [5.41, 5.74) is 5.01. The van der Waals surface area contributed by atoms with Gasteiger partial charge >= 0.3 is 0 Å². The third-order valence-corrected chi connectivity index (χ3v) is 6.51. The summed E-state index contributed by atoms with van der Waals surface area (Å²) in [5, 5.41) is 0.179. The summed E-state index contributed by atoms with van der Waals surface area (Å²) in [5.74, 6) is 0. The largest absolute Gasteiger partial charge is 0.318 e. The third-order valence-electron chi connectivity index (χ3n) is 5.52. The SMILES string of the molecule is CS(=O)(=O)c1ncc(CN2CCc3ccccc3C2)n1CCCc1ccccc1. The Morgan fingerprint density at radius 3 is 2.48 bits per heavy atom. The van der Waals surface area contributed by atoms with Crippen molar-refractivity contribution >= 4 is 9.84 Å². The van der Waals surface area contributed by atoms with E-state index in [-0.39, 0.29) is 5.16 Å². The Morgan fingerprint density at radius 1 is 1.00 bits per heavy atom. The van der Waals surface area contributed by atoms with Crippen LogP contribution in [0.15, 0.2) is 66.0 Å². The molecule has 0 aliphatic carbocycles. The lowest BCUT2D eigenvalue weighted by atomic mass is 10.00. The van der Waals surface area contributed by atoms with Crippen LogP contribution in [0.4, 0.5) is 0 Å². The molecule has 4 rings (SSSR count). The average molecular weight is 410 g/mol. The molecule has 0 saturated carbocycles. The zero-order valence-electron chi connectivity index (χ0n) is 16.8. The summed E-state index contributed by atoms with van der Waals surface area (Å²) in [6.45, 7) is 3.22. The second-order valence-corrected chi connectivity index (χ2v) is 9.68. The molecule has 0 spiro atoms. The van der Waals surface area contributed by atoms with E-state index in [1.807, 2.05) is 22.8 Å². The lowest BCUT2D eigenvalue weighted by molar-refractivity contribution is 0.238. The normalized spacial score (nSPS) is 14.7. The molecule has 6 heteroatoms. The van der Waals surface area contributed by atoms with Crippen LogP contribution in [0.2, 0.25) is 0 Å². The minimum absolute atomic E-state index is 0.179. The molecule has 152 valence electrons. The lowest BCUT2D eigenvalue weighted by Gasteiger charge is -2.29. The molecule has 29 heavy (non-hydrogen) atoms. The van der Waals surface area contributed by atoms with Gasteiger partial charge in [0, 0.05) is 32.4 Å². The highest BCUT2D eigenvalue weighted by Gasteiger charge is 2.22. The number of aromatic nitrogens is 2. The maximum Gasteiger partial charge on any atom is 0.227 e. The van der Waals surface area contributed by atoms with Crippen molar-refractivity contribution in [1.82, 2.24) is 14.5 Å². The van der Waals surface area contributed by atoms with Gasteiger partial charge in [0.05, 0.1) is 11.9 Å². The molecule has 0 radical (unpaired) electrons. The Labute approximate surface area is 172 Å². The molecule has 2 heterocycles. The highest BCUT2D eigenvalue weighted by atomic mass is 32.2. The highest BCUT2D eigenvalue weighted by Crippen LogP contribution is 2.22. The lowest BCUT2D eigenvalue weighted by Crippen LogP contribution is -2.31. The van der Waals surface area contributed by atoms with E-state index in [0.717, 1.165) is 38.0 Å². The summed E-state index contributed by atoms with van der Waals surface area (Å²) in [7, 11) is -3.36. The van der Waals surface area contributed by atoms with E-state index in [9.17, 15) is 8.42 Å². The zero-order chi connectivity index (χ0) is 20.3. The smallest absolute Gasteiger partial charge is 0.227 e. The van der Waals surface area contributed by atoms with Crippen molar-refractivity contribution in [3.63, 3.8) is 0 Å². The molecular weight excluding hydrogens is 382 g/mol. The van der Waals surface area contributed by atoms with Gasteiger partial charge in [0.1, 0.15) is 0 Å². The Morgan fingerprint density at radius 2 is 1.72 bits per heavy atom. The van der Waals surface area contributed by atoms with Crippen molar-refractivity contribution in [3.05, 3.63) is 83.2 Å². The van der Waals surface area contributed by atoms with E-state index in [4.69, 9.17) is 0 Å². The fourth-order valence-electron chi connectivity index (χ4n) is 4.06. The van der Waals surface area contributed by atoms with Gasteiger partial charge in [-0.25, -0.2) is 13.4 Å². The van der Waals surface area contributed by atoms with Crippen LogP contribution >= 0.6 is 0 Å². The summed E-state index contributed by atoms with van der Waals surface area (Å²) in [4.78, 5) is 6.65. The fraction of sp³-hybridized carbons (Fsp3) is 0.348. The number of fused-ring (bicyclic) bond motifs is 1. The number of aryl methyl sites for hydroxylation is 1. The monoisotopic (exact) mass is 409 g/mol. The molecule has 0 bridgehead atoms. The maximum atomic E-state index is 12.3. The average Bonchev–Trinajstić information content (AvgIpc) is 3.12. The molecule has 0 amide bonds. The van der Waals surface area contributed by atoms with Crippen LogP contribution in [0.5, 0.6) is 0 Å². The molecule has 0 saturated heterocycles. The molecule has 5 nitrogen and oxygen atoms in total. The van der Waals surface area contributed by atoms with Gasteiger partial charge in [-0.15, -0.1) is 0 Å². The topological polar surface area (TPSA) is 55.2 Å². The maximum absolute atomic E-state index is 12.3. The van der Waals surface area contributed by atoms with Gasteiger partial charge in [0.25, 0.3) is 0 Å². The first-order valence-electron chi connectivity index (χ1n) is 10.1. The van der Waals surface area contributed by atoms with Crippen molar-refractivity contribution in [2.45, 2.75) is 44.1 Å². The number of rotatable bonds is 7. The van der Waals surface area contributed by atoms with Crippen molar-refractivity contribution in [3.8, 4) is 0 Å². The van der Waals surface area contributed by atoms with Gasteiger partial charge in [0.15, 0.2) is 0 Å². The predicted octanol–water partition coefficient (Wildman–Crippen LogP) is 3.48. The van der Waals surface area contributed by atoms with Crippen LogP contribution in [-0.2, 0) is 42.3 Å². The standard InChI is InChI=1S/C23H27N3O2S/c1-29(27,28)23-24-16-22(26(23)14-7-10-19-8-3-2-4-9-19)18-25-15-13-20-11-5-6-12-21(20)17-25/h2-6,8-9,11-12,16H,7,10,13-15,17-18H2,1H3. The first-order valence-corrected chi connectivity index (χ1v) is 12.0. The van der Waals surface area contributed by atoms with Gasteiger partial charge in [-0.1, -0.05) is 54.6 Å². The van der Waals surface area contributed by atoms with Gasteiger partial charge in [-0.05, 0) is 36.0 Å². The van der Waals surface area contributed by atoms with E-state index in [0.29, 0.717) is 13.1 Å². The quantitative estimate of drug-likeness (QED) is 0.600. The van der Waals surface area contributed by atoms with E-state index in [1.54, 1.807) is 6.20 Å². The molecule has 0 N–H and O–H groups in total. The Hall–Kier alpha value is -2.44. The van der Waals surface area contributed by atoms with Crippen LogP contribution in [-0.4, -0.2) is 35.7 Å². The summed E-state index contributed by atoms with van der Waals surface area (Å²) < 4.78 is 26.4. The van der Waals surface area contributed by atoms with Gasteiger partial charge in [-0.2, -0.15) is 0 Å². The number of benzene rings is 2. The minimum atomic E-state index is -3.36. The number of nitrogens with zero attached hydrogens (tertiary/aromatic N) is 3.